The second kappa shape index (κ2) is 3.53. The minimum Gasteiger partial charge on any atom is -0.469 e. The van der Waals surface area contributed by atoms with E-state index in [0.29, 0.717) is 6.42 Å². The van der Waals surface area contributed by atoms with Gasteiger partial charge in [-0.15, -0.1) is 0 Å². The Morgan fingerprint density at radius 2 is 2.45 bits per heavy atom. The maximum atomic E-state index is 10.8. The highest BCUT2D eigenvalue weighted by molar-refractivity contribution is 5.69. The molecule has 1 aliphatic carbocycles. The van der Waals surface area contributed by atoms with Crippen LogP contribution in [0.2, 0.25) is 0 Å². The van der Waals surface area contributed by atoms with E-state index in [1.165, 1.54) is 7.11 Å². The molecule has 1 aliphatic rings. The minimum absolute atomic E-state index is 0.129. The molecule has 0 aromatic carbocycles. The fourth-order valence-electron chi connectivity index (χ4n) is 1.26. The van der Waals surface area contributed by atoms with Crippen molar-refractivity contribution < 1.29 is 9.53 Å². The van der Waals surface area contributed by atoms with Gasteiger partial charge in [-0.25, -0.2) is 0 Å². The topological polar surface area (TPSA) is 52.3 Å². The fourth-order valence-corrected chi connectivity index (χ4v) is 1.26. The van der Waals surface area contributed by atoms with E-state index < -0.39 is 0 Å². The zero-order valence-electron chi connectivity index (χ0n) is 6.62. The van der Waals surface area contributed by atoms with Crippen LogP contribution in [0.5, 0.6) is 0 Å². The van der Waals surface area contributed by atoms with Crippen LogP contribution in [0.1, 0.15) is 12.8 Å². The number of ether oxygens (including phenoxy) is 1. The molecule has 0 fully saturated rings. The van der Waals surface area contributed by atoms with E-state index in [-0.39, 0.29) is 17.9 Å². The first kappa shape index (κ1) is 8.27. The van der Waals surface area contributed by atoms with Crippen molar-refractivity contribution in [3.63, 3.8) is 0 Å². The third-order valence-corrected chi connectivity index (χ3v) is 1.86. The van der Waals surface area contributed by atoms with Crippen molar-refractivity contribution in [3.05, 3.63) is 12.2 Å². The summed E-state index contributed by atoms with van der Waals surface area (Å²) in [5.74, 6) is 0.131. The molecule has 0 saturated carbocycles. The molecule has 0 bridgehead atoms. The van der Waals surface area contributed by atoms with Crippen LogP contribution >= 0.6 is 0 Å². The maximum Gasteiger partial charge on any atom is 0.306 e. The molecular weight excluding hydrogens is 142 g/mol. The van der Waals surface area contributed by atoms with Crippen molar-refractivity contribution in [3.8, 4) is 0 Å². The van der Waals surface area contributed by atoms with Gasteiger partial charge in [-0.3, -0.25) is 4.79 Å². The Kier molecular flexibility index (Phi) is 2.65. The number of esters is 1. The maximum absolute atomic E-state index is 10.8. The van der Waals surface area contributed by atoms with Crippen molar-refractivity contribution in [1.82, 2.24) is 0 Å². The molecule has 0 aromatic rings. The van der Waals surface area contributed by atoms with Crippen LogP contribution in [-0.4, -0.2) is 19.1 Å². The van der Waals surface area contributed by atoms with Crippen LogP contribution in [0, 0.1) is 5.92 Å². The van der Waals surface area contributed by atoms with Gasteiger partial charge in [-0.1, -0.05) is 12.2 Å². The molecule has 0 saturated heterocycles. The lowest BCUT2D eigenvalue weighted by Crippen LogP contribution is -2.16. The molecule has 2 atom stereocenters. The van der Waals surface area contributed by atoms with Crippen molar-refractivity contribution in [2.75, 3.05) is 7.11 Å². The molecule has 0 aliphatic heterocycles. The Balaban J connectivity index is 2.29. The number of carbonyl (C=O) groups is 1. The van der Waals surface area contributed by atoms with Crippen LogP contribution in [-0.2, 0) is 9.53 Å². The van der Waals surface area contributed by atoms with E-state index in [4.69, 9.17) is 5.73 Å². The van der Waals surface area contributed by atoms with Gasteiger partial charge >= 0.3 is 5.97 Å². The quantitative estimate of drug-likeness (QED) is 0.465. The zero-order chi connectivity index (χ0) is 8.27. The summed E-state index contributed by atoms with van der Waals surface area (Å²) in [5.41, 5.74) is 5.60. The predicted molar refractivity (Wildman–Crippen MR) is 41.9 cm³/mol. The summed E-state index contributed by atoms with van der Waals surface area (Å²) in [6, 6.07) is 0.129. The lowest BCUT2D eigenvalue weighted by Gasteiger charge is -2.06. The van der Waals surface area contributed by atoms with E-state index in [9.17, 15) is 4.79 Å². The van der Waals surface area contributed by atoms with E-state index >= 15 is 0 Å². The van der Waals surface area contributed by atoms with Crippen LogP contribution in [0.25, 0.3) is 0 Å². The van der Waals surface area contributed by atoms with E-state index in [2.05, 4.69) is 4.74 Å². The van der Waals surface area contributed by atoms with E-state index in [1.54, 1.807) is 0 Å². The largest absolute Gasteiger partial charge is 0.469 e. The summed E-state index contributed by atoms with van der Waals surface area (Å²) >= 11 is 0. The number of nitrogens with two attached hydrogens (primary N) is 1. The number of hydrogen-bond acceptors (Lipinski definition) is 3. The van der Waals surface area contributed by atoms with Crippen molar-refractivity contribution in [1.29, 1.82) is 0 Å². The molecule has 62 valence electrons. The second-order valence-electron chi connectivity index (χ2n) is 2.82. The third-order valence-electron chi connectivity index (χ3n) is 1.86. The molecule has 0 unspecified atom stereocenters. The lowest BCUT2D eigenvalue weighted by atomic mass is 10.0. The number of rotatable bonds is 2. The van der Waals surface area contributed by atoms with E-state index in [0.717, 1.165) is 6.42 Å². The standard InChI is InChI=1S/C8H13NO2/c1-11-8(10)5-6-2-3-7(9)4-6/h2-3,6-7H,4-5,9H2,1H3/t6-,7+/m1/s1. The van der Waals surface area contributed by atoms with Crippen molar-refractivity contribution >= 4 is 5.97 Å². The monoisotopic (exact) mass is 155 g/mol. The molecule has 11 heavy (non-hydrogen) atoms. The number of methoxy groups -OCH3 is 1. The second-order valence-corrected chi connectivity index (χ2v) is 2.82. The highest BCUT2D eigenvalue weighted by Gasteiger charge is 2.18. The average molecular weight is 155 g/mol. The van der Waals surface area contributed by atoms with Gasteiger partial charge in [-0.2, -0.15) is 0 Å². The van der Waals surface area contributed by atoms with Gasteiger partial charge in [0.05, 0.1) is 13.5 Å². The summed E-state index contributed by atoms with van der Waals surface area (Å²) in [7, 11) is 1.40. The van der Waals surface area contributed by atoms with Crippen LogP contribution in [0.4, 0.5) is 0 Å². The first-order chi connectivity index (χ1) is 5.22. The lowest BCUT2D eigenvalue weighted by molar-refractivity contribution is -0.141. The number of hydrogen-bond donors (Lipinski definition) is 1. The molecule has 1 rings (SSSR count). The summed E-state index contributed by atoms with van der Waals surface area (Å²) < 4.78 is 4.53. The summed E-state index contributed by atoms with van der Waals surface area (Å²) in [5, 5.41) is 0. The summed E-state index contributed by atoms with van der Waals surface area (Å²) in [6.45, 7) is 0. The third kappa shape index (κ3) is 2.35. The smallest absolute Gasteiger partial charge is 0.306 e. The first-order valence-corrected chi connectivity index (χ1v) is 3.73. The van der Waals surface area contributed by atoms with Gasteiger partial charge in [0.1, 0.15) is 0 Å². The van der Waals surface area contributed by atoms with E-state index in [1.807, 2.05) is 12.2 Å². The van der Waals surface area contributed by atoms with Gasteiger partial charge in [0.2, 0.25) is 0 Å². The predicted octanol–water partition coefficient (Wildman–Crippen LogP) is 0.453. The fraction of sp³-hybridized carbons (Fsp3) is 0.625. The molecule has 0 amide bonds. The minimum atomic E-state index is -0.159. The number of carbonyl (C=O) groups excluding carboxylic acids is 1. The molecule has 0 heterocycles. The molecule has 0 spiro atoms. The van der Waals surface area contributed by atoms with Crippen molar-refractivity contribution in [2.45, 2.75) is 18.9 Å². The van der Waals surface area contributed by atoms with Crippen molar-refractivity contribution in [2.24, 2.45) is 11.7 Å². The highest BCUT2D eigenvalue weighted by atomic mass is 16.5. The highest BCUT2D eigenvalue weighted by Crippen LogP contribution is 2.19. The SMILES string of the molecule is COC(=O)C[C@@H]1C=C[C@H](N)C1. The molecule has 2 N–H and O–H groups in total. The Morgan fingerprint density at radius 1 is 1.73 bits per heavy atom. The average Bonchev–Trinajstić information content (AvgIpc) is 2.35. The van der Waals surface area contributed by atoms with Gasteiger partial charge in [-0.05, 0) is 12.3 Å². The molecule has 3 heteroatoms. The summed E-state index contributed by atoms with van der Waals surface area (Å²) in [4.78, 5) is 10.8. The first-order valence-electron chi connectivity index (χ1n) is 3.73. The normalized spacial score (nSPS) is 28.9. The van der Waals surface area contributed by atoms with Crippen LogP contribution in [0.15, 0.2) is 12.2 Å². The molecule has 0 aromatic heterocycles. The molecule has 3 nitrogen and oxygen atoms in total. The van der Waals surface area contributed by atoms with Gasteiger partial charge in [0.25, 0.3) is 0 Å². The van der Waals surface area contributed by atoms with Gasteiger partial charge < -0.3 is 10.5 Å². The molecular formula is C8H13NO2. The Morgan fingerprint density at radius 3 is 2.91 bits per heavy atom. The zero-order valence-corrected chi connectivity index (χ0v) is 6.62. The Hall–Kier alpha value is -0.830. The van der Waals surface area contributed by atoms with Crippen LogP contribution in [0.3, 0.4) is 0 Å². The van der Waals surface area contributed by atoms with Crippen LogP contribution < -0.4 is 5.73 Å². The number of allylic oxidation sites excluding steroid dienone is 1. The Bertz CT molecular complexity index is 177. The molecule has 0 radical (unpaired) electrons. The van der Waals surface area contributed by atoms with Gasteiger partial charge in [0, 0.05) is 6.04 Å². The Labute approximate surface area is 66.2 Å². The van der Waals surface area contributed by atoms with Gasteiger partial charge in [0.15, 0.2) is 0 Å². The summed E-state index contributed by atoms with van der Waals surface area (Å²) in [6.07, 6.45) is 5.25.